The van der Waals surface area contributed by atoms with E-state index in [1.165, 1.54) is 10.3 Å². The van der Waals surface area contributed by atoms with Crippen molar-refractivity contribution in [2.75, 3.05) is 0 Å². The Morgan fingerprint density at radius 2 is 1.73 bits per heavy atom. The summed E-state index contributed by atoms with van der Waals surface area (Å²) in [5.74, 6) is 0. The molecule has 0 saturated carbocycles. The number of hydrogen-bond donors (Lipinski definition) is 0. The molecular formula is C15H12Br2N2O2S. The maximum Gasteiger partial charge on any atom is 0.270 e. The molecule has 3 rings (SSSR count). The van der Waals surface area contributed by atoms with E-state index in [0.717, 1.165) is 11.1 Å². The second-order valence-electron chi connectivity index (χ2n) is 5.05. The minimum atomic E-state index is -3.73. The third-order valence-corrected chi connectivity index (χ3v) is 6.71. The lowest BCUT2D eigenvalue weighted by Gasteiger charge is -2.10. The van der Waals surface area contributed by atoms with Crippen molar-refractivity contribution in [3.8, 4) is 0 Å². The number of rotatable bonds is 2. The maximum atomic E-state index is 13.0. The van der Waals surface area contributed by atoms with Gasteiger partial charge in [-0.25, -0.2) is 17.4 Å². The molecule has 0 amide bonds. The molecule has 0 spiro atoms. The topological polar surface area (TPSA) is 52.0 Å². The Labute approximate surface area is 145 Å². The van der Waals surface area contributed by atoms with Crippen LogP contribution in [-0.4, -0.2) is 17.4 Å². The summed E-state index contributed by atoms with van der Waals surface area (Å²) in [6.45, 7) is 3.93. The second-order valence-corrected chi connectivity index (χ2v) is 8.60. The fraction of sp³-hybridized carbons (Fsp3) is 0.133. The lowest BCUT2D eigenvalue weighted by molar-refractivity contribution is 0.588. The van der Waals surface area contributed by atoms with Crippen molar-refractivity contribution in [1.82, 2.24) is 8.96 Å². The molecule has 0 N–H and O–H groups in total. The van der Waals surface area contributed by atoms with Crippen LogP contribution >= 0.6 is 31.9 Å². The maximum absolute atomic E-state index is 13.0. The largest absolute Gasteiger partial charge is 0.270 e. The van der Waals surface area contributed by atoms with E-state index in [0.29, 0.717) is 20.0 Å². The van der Waals surface area contributed by atoms with E-state index >= 15 is 0 Å². The Morgan fingerprint density at radius 1 is 1.05 bits per heavy atom. The van der Waals surface area contributed by atoms with Crippen LogP contribution in [-0.2, 0) is 10.0 Å². The fourth-order valence-corrected chi connectivity index (χ4v) is 4.97. The quantitative estimate of drug-likeness (QED) is 0.589. The summed E-state index contributed by atoms with van der Waals surface area (Å²) in [6.07, 6.45) is 1.35. The van der Waals surface area contributed by atoms with E-state index in [-0.39, 0.29) is 4.90 Å². The van der Waals surface area contributed by atoms with Gasteiger partial charge in [0.2, 0.25) is 0 Å². The predicted molar refractivity (Wildman–Crippen MR) is 93.6 cm³/mol. The minimum Gasteiger partial charge on any atom is -0.236 e. The Kier molecular flexibility index (Phi) is 3.91. The monoisotopic (exact) mass is 442 g/mol. The van der Waals surface area contributed by atoms with Crippen LogP contribution in [0.3, 0.4) is 0 Å². The summed E-state index contributed by atoms with van der Waals surface area (Å²) in [7, 11) is -3.73. The number of halogens is 2. The summed E-state index contributed by atoms with van der Waals surface area (Å²) in [4.78, 5) is 4.42. The van der Waals surface area contributed by atoms with Crippen LogP contribution in [0.25, 0.3) is 11.0 Å². The highest BCUT2D eigenvalue weighted by Gasteiger charge is 2.23. The van der Waals surface area contributed by atoms with E-state index in [1.807, 2.05) is 26.0 Å². The minimum absolute atomic E-state index is 0.194. The zero-order valence-corrected chi connectivity index (χ0v) is 15.8. The van der Waals surface area contributed by atoms with Gasteiger partial charge in [-0.05, 0) is 71.2 Å². The van der Waals surface area contributed by atoms with E-state index in [9.17, 15) is 8.42 Å². The molecule has 1 aromatic heterocycles. The molecule has 3 aromatic rings. The first-order chi connectivity index (χ1) is 10.3. The second kappa shape index (κ2) is 5.47. The van der Waals surface area contributed by atoms with E-state index < -0.39 is 10.0 Å². The molecule has 0 aliphatic rings. The highest BCUT2D eigenvalue weighted by molar-refractivity contribution is 9.11. The molecule has 0 fully saturated rings. The van der Waals surface area contributed by atoms with E-state index in [1.54, 1.807) is 18.2 Å². The fourth-order valence-electron chi connectivity index (χ4n) is 2.21. The molecule has 0 saturated heterocycles. The van der Waals surface area contributed by atoms with Crippen molar-refractivity contribution in [3.63, 3.8) is 0 Å². The molecule has 0 bridgehead atoms. The average Bonchev–Trinajstić information content (AvgIpc) is 2.85. The summed E-state index contributed by atoms with van der Waals surface area (Å²) in [5, 5.41) is 0. The summed E-state index contributed by atoms with van der Waals surface area (Å²) < 4.78 is 28.3. The van der Waals surface area contributed by atoms with Crippen molar-refractivity contribution in [3.05, 3.63) is 56.7 Å². The summed E-state index contributed by atoms with van der Waals surface area (Å²) in [6, 6.07) is 8.80. The van der Waals surface area contributed by atoms with Crippen LogP contribution in [0, 0.1) is 13.8 Å². The molecule has 7 heteroatoms. The Morgan fingerprint density at radius 3 is 2.45 bits per heavy atom. The lowest BCUT2D eigenvalue weighted by atomic mass is 10.1. The molecule has 0 aliphatic carbocycles. The van der Waals surface area contributed by atoms with Crippen LogP contribution in [0.15, 0.2) is 50.5 Å². The van der Waals surface area contributed by atoms with Crippen LogP contribution in [0.1, 0.15) is 11.1 Å². The molecule has 114 valence electrons. The van der Waals surface area contributed by atoms with Gasteiger partial charge in [0.05, 0.1) is 11.0 Å². The lowest BCUT2D eigenvalue weighted by Crippen LogP contribution is -2.12. The molecule has 4 nitrogen and oxygen atoms in total. The van der Waals surface area contributed by atoms with Crippen molar-refractivity contribution in [1.29, 1.82) is 0 Å². The van der Waals surface area contributed by atoms with Crippen molar-refractivity contribution in [2.24, 2.45) is 0 Å². The first-order valence-corrected chi connectivity index (χ1v) is 9.48. The number of hydrogen-bond acceptors (Lipinski definition) is 3. The number of aromatic nitrogens is 2. The average molecular weight is 444 g/mol. The standard InChI is InChI=1S/C15H12Br2N2O2S/c1-9-5-13-14(6-10(9)2)19(8-18-13)22(20,21)15-7-11(16)3-4-12(15)17/h3-8H,1-2H3. The molecule has 0 unspecified atom stereocenters. The van der Waals surface area contributed by atoms with Gasteiger partial charge in [0.25, 0.3) is 10.0 Å². The van der Waals surface area contributed by atoms with E-state index in [4.69, 9.17) is 0 Å². The molecule has 0 radical (unpaired) electrons. The van der Waals surface area contributed by atoms with Gasteiger partial charge in [-0.3, -0.25) is 0 Å². The van der Waals surface area contributed by atoms with Gasteiger partial charge in [0.15, 0.2) is 0 Å². The van der Waals surface area contributed by atoms with E-state index in [2.05, 4.69) is 36.8 Å². The number of benzene rings is 2. The Hall–Kier alpha value is -1.18. The highest BCUT2D eigenvalue weighted by Crippen LogP contribution is 2.29. The Bertz CT molecular complexity index is 994. The van der Waals surface area contributed by atoms with Crippen LogP contribution in [0.2, 0.25) is 0 Å². The molecule has 1 heterocycles. The molecular weight excluding hydrogens is 432 g/mol. The number of aryl methyl sites for hydroxylation is 2. The first kappa shape index (κ1) is 15.7. The van der Waals surface area contributed by atoms with Crippen molar-refractivity contribution in [2.45, 2.75) is 18.7 Å². The Balaban J connectivity index is 2.30. The molecule has 0 aliphatic heterocycles. The van der Waals surface area contributed by atoms with Gasteiger partial charge < -0.3 is 0 Å². The number of nitrogens with zero attached hydrogens (tertiary/aromatic N) is 2. The van der Waals surface area contributed by atoms with Crippen molar-refractivity contribution >= 4 is 52.9 Å². The highest BCUT2D eigenvalue weighted by atomic mass is 79.9. The number of fused-ring (bicyclic) bond motifs is 1. The number of imidazole rings is 1. The first-order valence-electron chi connectivity index (χ1n) is 6.45. The SMILES string of the molecule is Cc1cc2ncn(S(=O)(=O)c3cc(Br)ccc3Br)c2cc1C. The van der Waals surface area contributed by atoms with Crippen LogP contribution < -0.4 is 0 Å². The van der Waals surface area contributed by atoms with Crippen molar-refractivity contribution < 1.29 is 8.42 Å². The van der Waals surface area contributed by atoms with Crippen LogP contribution in [0.5, 0.6) is 0 Å². The van der Waals surface area contributed by atoms with Gasteiger partial charge >= 0.3 is 0 Å². The zero-order valence-electron chi connectivity index (χ0n) is 11.8. The third-order valence-electron chi connectivity index (χ3n) is 3.56. The third kappa shape index (κ3) is 2.51. The zero-order chi connectivity index (χ0) is 16.1. The van der Waals surface area contributed by atoms with Crippen LogP contribution in [0.4, 0.5) is 0 Å². The molecule has 22 heavy (non-hydrogen) atoms. The van der Waals surface area contributed by atoms with Gasteiger partial charge in [-0.2, -0.15) is 0 Å². The van der Waals surface area contributed by atoms with Gasteiger partial charge in [0.1, 0.15) is 11.2 Å². The normalized spacial score (nSPS) is 12.0. The predicted octanol–water partition coefficient (Wildman–Crippen LogP) is 4.42. The smallest absolute Gasteiger partial charge is 0.236 e. The van der Waals surface area contributed by atoms with Gasteiger partial charge in [-0.15, -0.1) is 0 Å². The summed E-state index contributed by atoms with van der Waals surface area (Å²) in [5.41, 5.74) is 3.35. The summed E-state index contributed by atoms with van der Waals surface area (Å²) >= 11 is 6.62. The molecule has 2 aromatic carbocycles. The van der Waals surface area contributed by atoms with Gasteiger partial charge in [0, 0.05) is 8.95 Å². The molecule has 0 atom stereocenters. The van der Waals surface area contributed by atoms with Gasteiger partial charge in [-0.1, -0.05) is 15.9 Å².